The lowest BCUT2D eigenvalue weighted by atomic mass is 10.4. The smallest absolute Gasteiger partial charge is 0.246 e. The number of rotatable bonds is 3. The average molecular weight is 342 g/mol. The minimum absolute atomic E-state index is 0.333. The van der Waals surface area contributed by atoms with Crippen molar-refractivity contribution in [2.45, 2.75) is 18.7 Å². The molecule has 1 aliphatic rings. The Morgan fingerprint density at radius 3 is 2.36 bits per heavy atom. The van der Waals surface area contributed by atoms with Gasteiger partial charge in [0, 0.05) is 44.8 Å². The van der Waals surface area contributed by atoms with Crippen molar-refractivity contribution < 1.29 is 8.42 Å². The predicted octanol–water partition coefficient (Wildman–Crippen LogP) is 0.399. The van der Waals surface area contributed by atoms with Crippen molar-refractivity contribution in [1.29, 1.82) is 0 Å². The standard InChI is InChI=1S/C12H18N6O2S2/c1-9-11(10(2)16(3)15-9)22(19,20)18-6-4-17(5-7-18)12-13-8-14-21-12/h8H,4-7H2,1-3H3. The number of anilines is 1. The molecule has 0 aromatic carbocycles. The summed E-state index contributed by atoms with van der Waals surface area (Å²) in [5.74, 6) is 0. The molecule has 1 saturated heterocycles. The van der Waals surface area contributed by atoms with Crippen molar-refractivity contribution in [2.75, 3.05) is 31.1 Å². The fraction of sp³-hybridized carbons (Fsp3) is 0.583. The molecule has 120 valence electrons. The molecule has 1 fully saturated rings. The van der Waals surface area contributed by atoms with Crippen molar-refractivity contribution in [3.63, 3.8) is 0 Å². The second-order valence-corrected chi connectivity index (χ2v) is 7.87. The molecule has 0 bridgehead atoms. The van der Waals surface area contributed by atoms with Gasteiger partial charge in [-0.25, -0.2) is 13.4 Å². The number of hydrogen-bond acceptors (Lipinski definition) is 7. The van der Waals surface area contributed by atoms with Gasteiger partial charge in [0.15, 0.2) is 0 Å². The highest BCUT2D eigenvalue weighted by molar-refractivity contribution is 7.89. The van der Waals surface area contributed by atoms with E-state index in [2.05, 4.69) is 19.4 Å². The van der Waals surface area contributed by atoms with E-state index in [0.717, 1.165) is 5.13 Å². The van der Waals surface area contributed by atoms with Crippen LogP contribution in [-0.4, -0.2) is 58.0 Å². The molecule has 0 N–H and O–H groups in total. The van der Waals surface area contributed by atoms with Gasteiger partial charge in [-0.05, 0) is 13.8 Å². The van der Waals surface area contributed by atoms with Gasteiger partial charge in [0.05, 0.1) is 11.4 Å². The van der Waals surface area contributed by atoms with Gasteiger partial charge >= 0.3 is 0 Å². The largest absolute Gasteiger partial charge is 0.344 e. The fourth-order valence-electron chi connectivity index (χ4n) is 2.68. The number of aromatic nitrogens is 4. The first-order valence-corrected chi connectivity index (χ1v) is 9.14. The second kappa shape index (κ2) is 5.60. The maximum absolute atomic E-state index is 12.9. The van der Waals surface area contributed by atoms with Crippen LogP contribution in [0.15, 0.2) is 11.2 Å². The molecule has 2 aromatic heterocycles. The maximum atomic E-state index is 12.9. The van der Waals surface area contributed by atoms with Gasteiger partial charge in [0.2, 0.25) is 15.2 Å². The zero-order valence-corrected chi connectivity index (χ0v) is 14.4. The van der Waals surface area contributed by atoms with Gasteiger partial charge in [0.1, 0.15) is 11.2 Å². The fourth-order valence-corrected chi connectivity index (χ4v) is 5.09. The molecule has 0 amide bonds. The summed E-state index contributed by atoms with van der Waals surface area (Å²) in [6, 6.07) is 0. The lowest BCUT2D eigenvalue weighted by Crippen LogP contribution is -2.48. The topological polar surface area (TPSA) is 84.2 Å². The molecule has 0 radical (unpaired) electrons. The lowest BCUT2D eigenvalue weighted by Gasteiger charge is -2.33. The first-order chi connectivity index (χ1) is 10.4. The van der Waals surface area contributed by atoms with E-state index in [1.807, 2.05) is 0 Å². The first kappa shape index (κ1) is 15.4. The summed E-state index contributed by atoms with van der Waals surface area (Å²) in [4.78, 5) is 6.56. The molecular formula is C12H18N6O2S2. The Balaban J connectivity index is 1.80. The number of piperazine rings is 1. The number of aryl methyl sites for hydroxylation is 2. The number of sulfonamides is 1. The normalized spacial score (nSPS) is 17.1. The van der Waals surface area contributed by atoms with Crippen LogP contribution in [0.2, 0.25) is 0 Å². The Labute approximate surface area is 133 Å². The Kier molecular flexibility index (Phi) is 3.91. The SMILES string of the molecule is Cc1nn(C)c(C)c1S(=O)(=O)N1CCN(c2ncns2)CC1. The van der Waals surface area contributed by atoms with E-state index < -0.39 is 10.0 Å². The summed E-state index contributed by atoms with van der Waals surface area (Å²) in [5, 5.41) is 5.05. The van der Waals surface area contributed by atoms with E-state index in [1.165, 1.54) is 22.2 Å². The molecule has 10 heteroatoms. The molecule has 3 rings (SSSR count). The van der Waals surface area contributed by atoms with Crippen LogP contribution in [0.3, 0.4) is 0 Å². The zero-order valence-electron chi connectivity index (χ0n) is 12.7. The summed E-state index contributed by atoms with van der Waals surface area (Å²) < 4.78 is 32.9. The quantitative estimate of drug-likeness (QED) is 0.803. The van der Waals surface area contributed by atoms with Crippen LogP contribution in [-0.2, 0) is 17.1 Å². The third-order valence-electron chi connectivity index (χ3n) is 3.90. The molecule has 3 heterocycles. The first-order valence-electron chi connectivity index (χ1n) is 6.93. The van der Waals surface area contributed by atoms with E-state index in [4.69, 9.17) is 0 Å². The summed E-state index contributed by atoms with van der Waals surface area (Å²) in [6.45, 7) is 5.63. The monoisotopic (exact) mass is 342 g/mol. The van der Waals surface area contributed by atoms with Crippen LogP contribution in [0.5, 0.6) is 0 Å². The third kappa shape index (κ3) is 2.50. The minimum Gasteiger partial charge on any atom is -0.344 e. The van der Waals surface area contributed by atoms with Crippen LogP contribution in [0.25, 0.3) is 0 Å². The summed E-state index contributed by atoms with van der Waals surface area (Å²) in [5.41, 5.74) is 1.22. The molecule has 8 nitrogen and oxygen atoms in total. The Hall–Kier alpha value is -1.52. The van der Waals surface area contributed by atoms with Crippen LogP contribution in [0.1, 0.15) is 11.4 Å². The van der Waals surface area contributed by atoms with E-state index in [1.54, 1.807) is 25.6 Å². The van der Waals surface area contributed by atoms with Crippen molar-refractivity contribution in [2.24, 2.45) is 7.05 Å². The van der Waals surface area contributed by atoms with Crippen LogP contribution >= 0.6 is 11.5 Å². The molecule has 22 heavy (non-hydrogen) atoms. The van der Waals surface area contributed by atoms with E-state index in [-0.39, 0.29) is 0 Å². The van der Waals surface area contributed by atoms with E-state index in [0.29, 0.717) is 42.5 Å². The summed E-state index contributed by atoms with van der Waals surface area (Å²) >= 11 is 1.33. The van der Waals surface area contributed by atoms with Crippen molar-refractivity contribution >= 4 is 26.7 Å². The van der Waals surface area contributed by atoms with Crippen molar-refractivity contribution in [3.05, 3.63) is 17.7 Å². The molecule has 1 aliphatic heterocycles. The van der Waals surface area contributed by atoms with Crippen molar-refractivity contribution in [3.8, 4) is 0 Å². The van der Waals surface area contributed by atoms with Crippen molar-refractivity contribution in [1.82, 2.24) is 23.4 Å². The highest BCUT2D eigenvalue weighted by atomic mass is 32.2. The Bertz CT molecular complexity index is 760. The van der Waals surface area contributed by atoms with Gasteiger partial charge in [-0.3, -0.25) is 4.68 Å². The lowest BCUT2D eigenvalue weighted by molar-refractivity contribution is 0.384. The summed E-state index contributed by atoms with van der Waals surface area (Å²) in [7, 11) is -1.75. The molecule has 0 saturated carbocycles. The molecule has 0 atom stereocenters. The van der Waals surface area contributed by atoms with Gasteiger partial charge in [-0.15, -0.1) is 0 Å². The number of hydrogen-bond donors (Lipinski definition) is 0. The minimum atomic E-state index is -3.50. The van der Waals surface area contributed by atoms with Crippen LogP contribution in [0.4, 0.5) is 5.13 Å². The van der Waals surface area contributed by atoms with Gasteiger partial charge < -0.3 is 4.90 Å². The van der Waals surface area contributed by atoms with Gasteiger partial charge in [-0.2, -0.15) is 13.8 Å². The predicted molar refractivity (Wildman–Crippen MR) is 83.6 cm³/mol. The zero-order chi connectivity index (χ0) is 15.9. The maximum Gasteiger partial charge on any atom is 0.246 e. The third-order valence-corrected chi connectivity index (χ3v) is 6.78. The molecule has 0 aliphatic carbocycles. The Morgan fingerprint density at radius 1 is 1.18 bits per heavy atom. The highest BCUT2D eigenvalue weighted by Gasteiger charge is 2.33. The molecule has 0 spiro atoms. The molecule has 2 aromatic rings. The average Bonchev–Trinajstić information content (AvgIpc) is 3.08. The van der Waals surface area contributed by atoms with E-state index in [9.17, 15) is 8.42 Å². The molecular weight excluding hydrogens is 324 g/mol. The van der Waals surface area contributed by atoms with E-state index >= 15 is 0 Å². The molecule has 0 unspecified atom stereocenters. The Morgan fingerprint density at radius 2 is 1.86 bits per heavy atom. The van der Waals surface area contributed by atoms with Gasteiger partial charge in [0.25, 0.3) is 0 Å². The van der Waals surface area contributed by atoms with Crippen LogP contribution in [0, 0.1) is 13.8 Å². The van der Waals surface area contributed by atoms with Crippen LogP contribution < -0.4 is 4.90 Å². The summed E-state index contributed by atoms with van der Waals surface area (Å²) in [6.07, 6.45) is 1.52. The van der Waals surface area contributed by atoms with Gasteiger partial charge in [-0.1, -0.05) is 0 Å². The number of nitrogens with zero attached hydrogens (tertiary/aromatic N) is 6. The highest BCUT2D eigenvalue weighted by Crippen LogP contribution is 2.25. The second-order valence-electron chi connectivity index (χ2n) is 5.24.